The lowest BCUT2D eigenvalue weighted by Crippen LogP contribution is -2.33. The molecule has 0 aliphatic carbocycles. The molecule has 0 aliphatic rings. The number of carbonyl (C=O) groups excluding carboxylic acids is 2. The number of rotatable bonds is 5. The Morgan fingerprint density at radius 1 is 1.19 bits per heavy atom. The van der Waals surface area contributed by atoms with Crippen LogP contribution in [0, 0.1) is 5.92 Å². The van der Waals surface area contributed by atoms with Crippen LogP contribution in [-0.4, -0.2) is 36.8 Å². The monoisotopic (exact) mass is 231 g/mol. The van der Waals surface area contributed by atoms with Gasteiger partial charge >= 0.3 is 12.1 Å². The summed E-state index contributed by atoms with van der Waals surface area (Å²) in [5.74, 6) is -0.604. The normalized spacial score (nSPS) is 12.1. The molecule has 0 aromatic carbocycles. The number of nitrogens with zero attached hydrogens (tertiary/aromatic N) is 1. The first kappa shape index (κ1) is 14.7. The summed E-state index contributed by atoms with van der Waals surface area (Å²) in [5.41, 5.74) is 0. The predicted octanol–water partition coefficient (Wildman–Crippen LogP) is 2.01. The lowest BCUT2D eigenvalue weighted by Gasteiger charge is -2.20. The molecule has 0 fully saturated rings. The van der Waals surface area contributed by atoms with E-state index >= 15 is 0 Å². The fourth-order valence-corrected chi connectivity index (χ4v) is 0.982. The van der Waals surface area contributed by atoms with Gasteiger partial charge in [-0.3, -0.25) is 4.79 Å². The quantitative estimate of drug-likeness (QED) is 0.536. The number of hydrogen-bond acceptors (Lipinski definition) is 4. The van der Waals surface area contributed by atoms with Crippen LogP contribution in [0.1, 0.15) is 34.1 Å². The summed E-state index contributed by atoms with van der Waals surface area (Å²) in [5, 5.41) is 0. The van der Waals surface area contributed by atoms with Crippen molar-refractivity contribution in [2.24, 2.45) is 5.92 Å². The maximum absolute atomic E-state index is 11.4. The molecule has 0 spiro atoms. The van der Waals surface area contributed by atoms with E-state index in [-0.39, 0.29) is 11.9 Å². The van der Waals surface area contributed by atoms with Gasteiger partial charge in [-0.15, -0.1) is 0 Å². The van der Waals surface area contributed by atoms with Gasteiger partial charge in [0.25, 0.3) is 0 Å². The van der Waals surface area contributed by atoms with E-state index in [0.29, 0.717) is 6.54 Å². The predicted molar refractivity (Wildman–Crippen MR) is 59.8 cm³/mol. The lowest BCUT2D eigenvalue weighted by atomic mass is 10.2. The first-order valence-electron chi connectivity index (χ1n) is 5.50. The van der Waals surface area contributed by atoms with Gasteiger partial charge in [0, 0.05) is 20.5 Å². The average molecular weight is 231 g/mol. The smallest absolute Gasteiger partial charge is 0.412 e. The minimum Gasteiger partial charge on any atom is -0.425 e. The Kier molecular flexibility index (Phi) is 6.53. The molecule has 1 atom stereocenters. The minimum absolute atomic E-state index is 0.227. The molecule has 0 rings (SSSR count). The second-order valence-electron chi connectivity index (χ2n) is 3.96. The van der Waals surface area contributed by atoms with Crippen molar-refractivity contribution in [1.29, 1.82) is 0 Å². The van der Waals surface area contributed by atoms with Gasteiger partial charge in [-0.2, -0.15) is 0 Å². The summed E-state index contributed by atoms with van der Waals surface area (Å²) < 4.78 is 9.83. The molecule has 5 heteroatoms. The Hall–Kier alpha value is -1.26. The maximum Gasteiger partial charge on any atom is 0.412 e. The van der Waals surface area contributed by atoms with Crippen molar-refractivity contribution in [3.05, 3.63) is 0 Å². The van der Waals surface area contributed by atoms with Crippen LogP contribution in [-0.2, 0) is 14.3 Å². The average Bonchev–Trinajstić information content (AvgIpc) is 2.17. The van der Waals surface area contributed by atoms with Gasteiger partial charge in [0.2, 0.25) is 6.29 Å². The second kappa shape index (κ2) is 7.09. The van der Waals surface area contributed by atoms with E-state index in [2.05, 4.69) is 0 Å². The molecule has 94 valence electrons. The highest BCUT2D eigenvalue weighted by atomic mass is 16.7. The zero-order chi connectivity index (χ0) is 12.7. The summed E-state index contributed by atoms with van der Waals surface area (Å²) in [6.07, 6.45) is -0.473. The van der Waals surface area contributed by atoms with Crippen molar-refractivity contribution in [2.75, 3.05) is 13.6 Å². The Labute approximate surface area is 96.7 Å². The van der Waals surface area contributed by atoms with E-state index in [4.69, 9.17) is 9.47 Å². The maximum atomic E-state index is 11.4. The molecule has 0 heterocycles. The Bertz CT molecular complexity index is 240. The molecule has 0 bridgehead atoms. The number of amides is 1. The van der Waals surface area contributed by atoms with Crippen molar-refractivity contribution in [1.82, 2.24) is 4.90 Å². The number of carbonyl (C=O) groups is 2. The van der Waals surface area contributed by atoms with Crippen LogP contribution in [0.2, 0.25) is 0 Å². The molecule has 16 heavy (non-hydrogen) atoms. The zero-order valence-electron chi connectivity index (χ0n) is 10.6. The fourth-order valence-electron chi connectivity index (χ4n) is 0.982. The van der Waals surface area contributed by atoms with Crippen LogP contribution in [0.3, 0.4) is 0 Å². The van der Waals surface area contributed by atoms with Crippen LogP contribution in [0.5, 0.6) is 0 Å². The second-order valence-corrected chi connectivity index (χ2v) is 3.96. The molecule has 0 aliphatic heterocycles. The molecular weight excluding hydrogens is 210 g/mol. The van der Waals surface area contributed by atoms with Gasteiger partial charge in [-0.1, -0.05) is 20.8 Å². The topological polar surface area (TPSA) is 55.8 Å². The SMILES string of the molecule is CCCN(C)C(=O)OC(C)OC(=O)C(C)C. The lowest BCUT2D eigenvalue weighted by molar-refractivity contribution is -0.169. The highest BCUT2D eigenvalue weighted by Gasteiger charge is 2.18. The number of esters is 1. The van der Waals surface area contributed by atoms with Gasteiger partial charge in [0.05, 0.1) is 5.92 Å². The molecule has 0 aromatic rings. The Morgan fingerprint density at radius 3 is 2.19 bits per heavy atom. The zero-order valence-corrected chi connectivity index (χ0v) is 10.6. The van der Waals surface area contributed by atoms with Gasteiger partial charge in [-0.25, -0.2) is 4.79 Å². The van der Waals surface area contributed by atoms with E-state index in [1.807, 2.05) is 6.92 Å². The first-order chi connectivity index (χ1) is 7.38. The molecule has 1 amide bonds. The van der Waals surface area contributed by atoms with E-state index in [0.717, 1.165) is 6.42 Å². The molecule has 0 radical (unpaired) electrons. The number of hydrogen-bond donors (Lipinski definition) is 0. The van der Waals surface area contributed by atoms with E-state index in [1.54, 1.807) is 20.9 Å². The standard InChI is InChI=1S/C11H21NO4/c1-6-7-12(5)11(14)16-9(4)15-10(13)8(2)3/h8-9H,6-7H2,1-5H3. The van der Waals surface area contributed by atoms with Crippen LogP contribution in [0.4, 0.5) is 4.79 Å². The van der Waals surface area contributed by atoms with E-state index < -0.39 is 12.4 Å². The van der Waals surface area contributed by atoms with Gasteiger partial charge in [-0.05, 0) is 6.42 Å². The molecule has 5 nitrogen and oxygen atoms in total. The number of ether oxygens (including phenoxy) is 2. The third-order valence-corrected chi connectivity index (χ3v) is 1.89. The summed E-state index contributed by atoms with van der Waals surface area (Å²) in [6, 6.07) is 0. The molecule has 1 unspecified atom stereocenters. The molecular formula is C11H21NO4. The molecule has 0 saturated heterocycles. The molecule has 0 N–H and O–H groups in total. The third kappa shape index (κ3) is 5.58. The van der Waals surface area contributed by atoms with Crippen LogP contribution in [0.15, 0.2) is 0 Å². The van der Waals surface area contributed by atoms with E-state index in [1.165, 1.54) is 11.8 Å². The van der Waals surface area contributed by atoms with Crippen molar-refractivity contribution in [2.45, 2.75) is 40.4 Å². The van der Waals surface area contributed by atoms with Crippen LogP contribution in [0.25, 0.3) is 0 Å². The van der Waals surface area contributed by atoms with Crippen molar-refractivity contribution in [3.63, 3.8) is 0 Å². The summed E-state index contributed by atoms with van der Waals surface area (Å²) >= 11 is 0. The van der Waals surface area contributed by atoms with Gasteiger partial charge in [0.15, 0.2) is 0 Å². The van der Waals surface area contributed by atoms with Crippen LogP contribution < -0.4 is 0 Å². The molecule has 0 saturated carbocycles. The van der Waals surface area contributed by atoms with Crippen molar-refractivity contribution >= 4 is 12.1 Å². The Balaban J connectivity index is 4.00. The largest absolute Gasteiger partial charge is 0.425 e. The van der Waals surface area contributed by atoms with Crippen molar-refractivity contribution in [3.8, 4) is 0 Å². The van der Waals surface area contributed by atoms with Gasteiger partial charge in [0.1, 0.15) is 0 Å². The minimum atomic E-state index is -0.846. The summed E-state index contributed by atoms with van der Waals surface area (Å²) in [4.78, 5) is 24.1. The van der Waals surface area contributed by atoms with Gasteiger partial charge < -0.3 is 14.4 Å². The van der Waals surface area contributed by atoms with Crippen LogP contribution >= 0.6 is 0 Å². The Morgan fingerprint density at radius 2 is 1.75 bits per heavy atom. The fraction of sp³-hybridized carbons (Fsp3) is 0.818. The summed E-state index contributed by atoms with van der Waals surface area (Å²) in [6.45, 7) is 7.55. The highest BCUT2D eigenvalue weighted by molar-refractivity contribution is 5.72. The van der Waals surface area contributed by atoms with E-state index in [9.17, 15) is 9.59 Å². The van der Waals surface area contributed by atoms with Crippen molar-refractivity contribution < 1.29 is 19.1 Å². The first-order valence-corrected chi connectivity index (χ1v) is 5.50. The highest BCUT2D eigenvalue weighted by Crippen LogP contribution is 2.04. The summed E-state index contributed by atoms with van der Waals surface area (Å²) in [7, 11) is 1.64. The third-order valence-electron chi connectivity index (χ3n) is 1.89. The molecule has 0 aromatic heterocycles.